The van der Waals surface area contributed by atoms with E-state index in [-0.39, 0.29) is 10.6 Å². The molecule has 7 nitrogen and oxygen atoms in total. The zero-order valence-electron chi connectivity index (χ0n) is 18.9. The maximum absolute atomic E-state index is 11.7. The minimum absolute atomic E-state index is 0.0442. The zero-order chi connectivity index (χ0) is 22.2. The number of unbranched alkanes of at least 4 members (excludes halogenated alkanes) is 8. The first-order chi connectivity index (χ1) is 13.6. The van der Waals surface area contributed by atoms with Gasteiger partial charge in [-0.25, -0.2) is 5.21 Å². The third kappa shape index (κ3) is 19.0. The Hall–Kier alpha value is -0.700. The van der Waals surface area contributed by atoms with Gasteiger partial charge in [-0.05, 0) is 19.3 Å². The Morgan fingerprint density at radius 2 is 1.41 bits per heavy atom. The molecule has 0 radical (unpaired) electrons. The van der Waals surface area contributed by atoms with Gasteiger partial charge in [0.2, 0.25) is 5.91 Å². The largest absolute Gasteiger partial charge is 0.356 e. The molecule has 0 spiro atoms. The molecular weight excluding hydrogens is 392 g/mol. The number of rotatable bonds is 19. The van der Waals surface area contributed by atoms with Crippen molar-refractivity contribution in [3.8, 4) is 0 Å². The lowest BCUT2D eigenvalue weighted by Gasteiger charge is -2.19. The van der Waals surface area contributed by atoms with Crippen LogP contribution in [0.5, 0.6) is 0 Å². The van der Waals surface area contributed by atoms with E-state index in [1.54, 1.807) is 14.1 Å². The summed E-state index contributed by atoms with van der Waals surface area (Å²) in [6.07, 6.45) is 12.1. The van der Waals surface area contributed by atoms with Crippen LogP contribution in [0.2, 0.25) is 0 Å². The van der Waals surface area contributed by atoms with Gasteiger partial charge >= 0.3 is 0 Å². The molecule has 0 rings (SSSR count). The van der Waals surface area contributed by atoms with Gasteiger partial charge in [0, 0.05) is 19.4 Å². The second-order valence-corrected chi connectivity index (χ2v) is 10.4. The summed E-state index contributed by atoms with van der Waals surface area (Å²) in [4.78, 5) is 11.7. The van der Waals surface area contributed by atoms with E-state index in [0.717, 1.165) is 64.2 Å². The molecule has 0 aromatic heterocycles. The Kier molecular flexibility index (Phi) is 15.7. The first-order valence-corrected chi connectivity index (χ1v) is 12.9. The van der Waals surface area contributed by atoms with Crippen LogP contribution in [0.25, 0.3) is 0 Å². The van der Waals surface area contributed by atoms with Crippen molar-refractivity contribution in [2.75, 3.05) is 27.2 Å². The fourth-order valence-electron chi connectivity index (χ4n) is 3.39. The lowest BCUT2D eigenvalue weighted by atomic mass is 10.0. The summed E-state index contributed by atoms with van der Waals surface area (Å²) >= 11 is 0. The van der Waals surface area contributed by atoms with Crippen LogP contribution >= 0.6 is 0 Å². The monoisotopic (exact) mass is 437 g/mol. The molecule has 8 heteroatoms. The van der Waals surface area contributed by atoms with Crippen molar-refractivity contribution in [2.45, 2.75) is 102 Å². The molecule has 1 unspecified atom stereocenters. The highest BCUT2D eigenvalue weighted by Crippen LogP contribution is 2.19. The van der Waals surface area contributed by atoms with Crippen molar-refractivity contribution in [3.05, 3.63) is 0 Å². The molecule has 0 aliphatic carbocycles. The van der Waals surface area contributed by atoms with E-state index in [1.165, 1.54) is 6.42 Å². The van der Waals surface area contributed by atoms with Crippen LogP contribution in [-0.4, -0.2) is 61.2 Å². The molecule has 1 amide bonds. The van der Waals surface area contributed by atoms with Gasteiger partial charge in [0.15, 0.2) is 0 Å². The number of hydroxylamine groups is 3. The molecule has 0 aliphatic rings. The summed E-state index contributed by atoms with van der Waals surface area (Å²) in [5.74, 6) is 0.0442. The van der Waals surface area contributed by atoms with Gasteiger partial charge in [-0.15, -0.1) is 0 Å². The molecule has 0 aromatic carbocycles. The number of hydrogen-bond acceptors (Lipinski definition) is 4. The molecule has 29 heavy (non-hydrogen) atoms. The SMILES string of the molecule is CCCCCCCC(CCCCCCCC(=O)NCCC[N+](C)(C)O)S(=O)(=O)O. The number of carbonyl (C=O) groups is 1. The lowest BCUT2D eigenvalue weighted by Crippen LogP contribution is -2.38. The van der Waals surface area contributed by atoms with Gasteiger partial charge in [-0.2, -0.15) is 13.1 Å². The van der Waals surface area contributed by atoms with Crippen LogP contribution in [0.4, 0.5) is 0 Å². The maximum Gasteiger partial charge on any atom is 0.267 e. The Morgan fingerprint density at radius 1 is 0.897 bits per heavy atom. The molecule has 3 N–H and O–H groups in total. The summed E-state index contributed by atoms with van der Waals surface area (Å²) in [6.45, 7) is 3.33. The third-order valence-electron chi connectivity index (χ3n) is 5.19. The van der Waals surface area contributed by atoms with E-state index < -0.39 is 15.4 Å². The Balaban J connectivity index is 3.74. The van der Waals surface area contributed by atoms with Crippen molar-refractivity contribution >= 4 is 16.0 Å². The smallest absolute Gasteiger partial charge is 0.267 e. The Morgan fingerprint density at radius 3 is 1.93 bits per heavy atom. The van der Waals surface area contributed by atoms with Crippen LogP contribution in [0.15, 0.2) is 0 Å². The van der Waals surface area contributed by atoms with Gasteiger partial charge in [0.25, 0.3) is 10.1 Å². The molecule has 0 heterocycles. The highest BCUT2D eigenvalue weighted by molar-refractivity contribution is 7.86. The summed E-state index contributed by atoms with van der Waals surface area (Å²) < 4.78 is 32.4. The molecule has 0 bridgehead atoms. The van der Waals surface area contributed by atoms with Crippen molar-refractivity contribution in [1.82, 2.24) is 5.32 Å². The topological polar surface area (TPSA) is 104 Å². The number of quaternary nitrogens is 1. The van der Waals surface area contributed by atoms with E-state index in [1.807, 2.05) is 0 Å². The quantitative estimate of drug-likeness (QED) is 0.121. The minimum atomic E-state index is -3.96. The van der Waals surface area contributed by atoms with E-state index in [2.05, 4.69) is 12.2 Å². The van der Waals surface area contributed by atoms with Gasteiger partial charge in [-0.1, -0.05) is 64.7 Å². The normalized spacial score (nSPS) is 13.4. The fourth-order valence-corrected chi connectivity index (χ4v) is 4.32. The second-order valence-electron chi connectivity index (χ2n) is 8.69. The van der Waals surface area contributed by atoms with E-state index >= 15 is 0 Å². The van der Waals surface area contributed by atoms with E-state index in [4.69, 9.17) is 0 Å². The van der Waals surface area contributed by atoms with Gasteiger partial charge < -0.3 is 5.32 Å². The fraction of sp³-hybridized carbons (Fsp3) is 0.952. The number of hydrogen-bond donors (Lipinski definition) is 3. The first kappa shape index (κ1) is 28.3. The van der Waals surface area contributed by atoms with Gasteiger partial charge in [0.05, 0.1) is 19.3 Å². The number of carbonyl (C=O) groups excluding carboxylic acids is 1. The Labute approximate surface area is 178 Å². The second kappa shape index (κ2) is 16.1. The summed E-state index contributed by atoms with van der Waals surface area (Å²) in [7, 11) is -0.552. The van der Waals surface area contributed by atoms with Gasteiger partial charge in [0.1, 0.15) is 6.54 Å². The van der Waals surface area contributed by atoms with Crippen LogP contribution in [0.1, 0.15) is 96.8 Å². The summed E-state index contributed by atoms with van der Waals surface area (Å²) in [6, 6.07) is 0. The molecule has 0 aromatic rings. The maximum atomic E-state index is 11.7. The zero-order valence-corrected chi connectivity index (χ0v) is 19.7. The molecular formula is C21H45N2O5S+. The van der Waals surface area contributed by atoms with Crippen molar-refractivity contribution in [2.24, 2.45) is 0 Å². The summed E-state index contributed by atoms with van der Waals surface area (Å²) in [5.41, 5.74) is 0. The van der Waals surface area contributed by atoms with Crippen LogP contribution in [0, 0.1) is 0 Å². The molecule has 1 atom stereocenters. The average molecular weight is 438 g/mol. The molecule has 0 saturated heterocycles. The molecule has 0 saturated carbocycles. The van der Waals surface area contributed by atoms with Crippen LogP contribution in [-0.2, 0) is 14.9 Å². The third-order valence-corrected chi connectivity index (χ3v) is 6.50. The number of nitrogens with one attached hydrogen (secondary N) is 1. The predicted octanol–water partition coefficient (Wildman–Crippen LogP) is 4.31. The van der Waals surface area contributed by atoms with Crippen molar-refractivity contribution in [3.63, 3.8) is 0 Å². The Bertz CT molecular complexity index is 518. The van der Waals surface area contributed by atoms with Crippen molar-refractivity contribution < 1.29 is 27.6 Å². The van der Waals surface area contributed by atoms with E-state index in [0.29, 0.717) is 32.4 Å². The van der Waals surface area contributed by atoms with E-state index in [9.17, 15) is 23.0 Å². The van der Waals surface area contributed by atoms with Crippen LogP contribution < -0.4 is 5.32 Å². The average Bonchev–Trinajstić information content (AvgIpc) is 2.60. The number of amides is 1. The highest BCUT2D eigenvalue weighted by Gasteiger charge is 2.21. The molecule has 0 fully saturated rings. The highest BCUT2D eigenvalue weighted by atomic mass is 32.2. The first-order valence-electron chi connectivity index (χ1n) is 11.3. The lowest BCUT2D eigenvalue weighted by molar-refractivity contribution is -1.07. The summed E-state index contributed by atoms with van der Waals surface area (Å²) in [5, 5.41) is 11.8. The van der Waals surface area contributed by atoms with Crippen LogP contribution in [0.3, 0.4) is 0 Å². The molecule has 0 aliphatic heterocycles. The molecule has 174 valence electrons. The standard InChI is InChI=1S/C21H44N2O5S/c1-4-5-6-8-11-15-20(29(26,27)28)16-12-9-7-10-13-17-21(24)22-18-14-19-23(2,3)25/h20,25H,4-19H2,1-3H3,(H-,22,24,26,27,28)/p+1. The van der Waals surface area contributed by atoms with Crippen molar-refractivity contribution in [1.29, 1.82) is 0 Å². The number of nitrogens with zero attached hydrogens (tertiary/aromatic N) is 1. The predicted molar refractivity (Wildman–Crippen MR) is 117 cm³/mol. The minimum Gasteiger partial charge on any atom is -0.356 e. The van der Waals surface area contributed by atoms with Gasteiger partial charge in [-0.3, -0.25) is 9.35 Å².